The molecule has 208 valence electrons. The van der Waals surface area contributed by atoms with Crippen LogP contribution in [0.4, 0.5) is 13.2 Å². The maximum atomic E-state index is 14.2. The molecule has 4 heterocycles. The van der Waals surface area contributed by atoms with Crippen LogP contribution in [0.15, 0.2) is 53.6 Å². The van der Waals surface area contributed by atoms with Crippen molar-refractivity contribution < 1.29 is 35.9 Å². The fourth-order valence-electron chi connectivity index (χ4n) is 4.11. The van der Waals surface area contributed by atoms with E-state index < -0.39 is 34.3 Å². The Hall–Kier alpha value is -3.81. The van der Waals surface area contributed by atoms with Crippen molar-refractivity contribution in [3.63, 3.8) is 0 Å². The van der Waals surface area contributed by atoms with Gasteiger partial charge in [0.05, 0.1) is 59.9 Å². The molecule has 1 aliphatic rings. The average Bonchev–Trinajstić information content (AvgIpc) is 3.06. The van der Waals surface area contributed by atoms with Crippen LogP contribution < -0.4 is 10.1 Å². The Kier molecular flexibility index (Phi) is 7.62. The fourth-order valence-corrected chi connectivity index (χ4v) is 5.80. The van der Waals surface area contributed by atoms with Gasteiger partial charge in [-0.1, -0.05) is 11.6 Å². The first kappa shape index (κ1) is 27.7. The van der Waals surface area contributed by atoms with E-state index in [1.165, 1.54) is 25.3 Å². The highest BCUT2D eigenvalue weighted by molar-refractivity contribution is 7.92. The van der Waals surface area contributed by atoms with Crippen LogP contribution >= 0.6 is 11.6 Å². The van der Waals surface area contributed by atoms with Crippen LogP contribution in [-0.2, 0) is 27.7 Å². The van der Waals surface area contributed by atoms with Crippen molar-refractivity contribution in [3.05, 3.63) is 76.1 Å². The van der Waals surface area contributed by atoms with Gasteiger partial charge in [-0.15, -0.1) is 0 Å². The van der Waals surface area contributed by atoms with Gasteiger partial charge >= 0.3 is 0 Å². The molecule has 9 nitrogen and oxygen atoms in total. The average molecular weight is 593 g/mol. The molecule has 0 saturated heterocycles. The summed E-state index contributed by atoms with van der Waals surface area (Å²) >= 11 is 6.21. The summed E-state index contributed by atoms with van der Waals surface area (Å²) in [5, 5.41) is 3.29. The largest absolute Gasteiger partial charge is 0.481 e. The van der Waals surface area contributed by atoms with Gasteiger partial charge in [-0.2, -0.15) is 0 Å². The highest BCUT2D eigenvalue weighted by atomic mass is 35.5. The number of hydrogen-bond donors (Lipinski definition) is 1. The van der Waals surface area contributed by atoms with E-state index in [0.717, 1.165) is 6.07 Å². The van der Waals surface area contributed by atoms with Gasteiger partial charge < -0.3 is 14.8 Å². The van der Waals surface area contributed by atoms with Gasteiger partial charge in [0.25, 0.3) is 12.3 Å². The number of ether oxygens (including phenoxy) is 2. The molecule has 3 aromatic heterocycles. The smallest absolute Gasteiger partial charge is 0.269 e. The lowest BCUT2D eigenvalue weighted by atomic mass is 10.1. The second kappa shape index (κ2) is 11.0. The number of halogens is 4. The molecule has 1 aromatic carbocycles. The highest BCUT2D eigenvalue weighted by Crippen LogP contribution is 2.33. The predicted molar refractivity (Wildman–Crippen MR) is 139 cm³/mol. The van der Waals surface area contributed by atoms with Crippen molar-refractivity contribution in [2.24, 2.45) is 0 Å². The second-order valence-corrected chi connectivity index (χ2v) is 11.2. The molecule has 1 aliphatic heterocycles. The molecule has 1 amide bonds. The Labute approximate surface area is 231 Å². The summed E-state index contributed by atoms with van der Waals surface area (Å²) in [4.78, 5) is 25.5. The summed E-state index contributed by atoms with van der Waals surface area (Å²) in [6.45, 7) is -0.889. The van der Waals surface area contributed by atoms with Crippen LogP contribution in [0, 0.1) is 0 Å². The topological polar surface area (TPSA) is 120 Å². The molecule has 5 rings (SSSR count). The first-order valence-corrected chi connectivity index (χ1v) is 13.7. The Morgan fingerprint density at radius 3 is 2.67 bits per heavy atom. The summed E-state index contributed by atoms with van der Waals surface area (Å²) < 4.78 is 75.7. The molecular weight excluding hydrogens is 573 g/mol. The number of pyridine rings is 3. The summed E-state index contributed by atoms with van der Waals surface area (Å²) in [7, 11) is -3.14. The van der Waals surface area contributed by atoms with E-state index in [2.05, 4.69) is 20.3 Å². The lowest BCUT2D eigenvalue weighted by molar-refractivity contribution is 0.0947. The SMILES string of the molecule is COc1nc(-c2ccc3cnc(CNC(=O)c4cc(Cl)c5c(c4)S(=O)(=O)[C@@H](F)COC5)cc3n2)ccc1C(F)F. The van der Waals surface area contributed by atoms with Gasteiger partial charge in [0.2, 0.25) is 21.2 Å². The zero-order valence-electron chi connectivity index (χ0n) is 20.7. The van der Waals surface area contributed by atoms with E-state index >= 15 is 0 Å². The first-order chi connectivity index (χ1) is 19.1. The molecule has 40 heavy (non-hydrogen) atoms. The van der Waals surface area contributed by atoms with E-state index in [1.807, 2.05) is 0 Å². The van der Waals surface area contributed by atoms with Crippen LogP contribution in [0.3, 0.4) is 0 Å². The van der Waals surface area contributed by atoms with Crippen molar-refractivity contribution in [1.82, 2.24) is 20.3 Å². The number of nitrogens with zero attached hydrogens (tertiary/aromatic N) is 3. The van der Waals surface area contributed by atoms with E-state index in [-0.39, 0.29) is 45.6 Å². The minimum atomic E-state index is -4.39. The number of benzene rings is 1. The lowest BCUT2D eigenvalue weighted by Gasteiger charge is -2.12. The zero-order valence-corrected chi connectivity index (χ0v) is 22.3. The van der Waals surface area contributed by atoms with Crippen LogP contribution in [-0.4, -0.2) is 48.5 Å². The minimum Gasteiger partial charge on any atom is -0.481 e. The van der Waals surface area contributed by atoms with Crippen LogP contribution in [0.2, 0.25) is 5.02 Å². The van der Waals surface area contributed by atoms with Crippen molar-refractivity contribution in [2.75, 3.05) is 13.7 Å². The number of carbonyl (C=O) groups is 1. The molecule has 0 unspecified atom stereocenters. The monoisotopic (exact) mass is 592 g/mol. The molecule has 1 atom stereocenters. The number of methoxy groups -OCH3 is 1. The zero-order chi connectivity index (χ0) is 28.6. The maximum Gasteiger partial charge on any atom is 0.269 e. The van der Waals surface area contributed by atoms with Gasteiger partial charge in [0, 0.05) is 27.7 Å². The van der Waals surface area contributed by atoms with Crippen molar-refractivity contribution >= 4 is 38.2 Å². The Morgan fingerprint density at radius 2 is 1.93 bits per heavy atom. The van der Waals surface area contributed by atoms with Gasteiger partial charge in [-0.3, -0.25) is 9.78 Å². The number of carbonyl (C=O) groups excluding carboxylic acids is 1. The summed E-state index contributed by atoms with van der Waals surface area (Å²) in [6.07, 6.45) is -1.19. The summed E-state index contributed by atoms with van der Waals surface area (Å²) in [6, 6.07) is 10.0. The van der Waals surface area contributed by atoms with E-state index in [9.17, 15) is 26.4 Å². The lowest BCUT2D eigenvalue weighted by Crippen LogP contribution is -2.24. The van der Waals surface area contributed by atoms with Crippen molar-refractivity contribution in [2.45, 2.75) is 30.0 Å². The number of fused-ring (bicyclic) bond motifs is 2. The quantitative estimate of drug-likeness (QED) is 0.338. The second-order valence-electron chi connectivity index (χ2n) is 8.75. The van der Waals surface area contributed by atoms with Gasteiger partial charge in [-0.05, 0) is 42.5 Å². The molecule has 0 fully saturated rings. The molecule has 0 aliphatic carbocycles. The van der Waals surface area contributed by atoms with Crippen LogP contribution in [0.5, 0.6) is 5.88 Å². The van der Waals surface area contributed by atoms with E-state index in [4.69, 9.17) is 21.1 Å². The Bertz CT molecular complexity index is 1740. The number of amides is 1. The third-order valence-electron chi connectivity index (χ3n) is 6.20. The number of nitrogens with one attached hydrogen (secondary N) is 1. The van der Waals surface area contributed by atoms with Crippen molar-refractivity contribution in [1.29, 1.82) is 0 Å². The normalized spacial score (nSPS) is 16.4. The molecule has 0 spiro atoms. The van der Waals surface area contributed by atoms with Crippen LogP contribution in [0.25, 0.3) is 22.3 Å². The van der Waals surface area contributed by atoms with E-state index in [1.54, 1.807) is 24.4 Å². The van der Waals surface area contributed by atoms with E-state index in [0.29, 0.717) is 28.0 Å². The predicted octanol–water partition coefficient (Wildman–Crippen LogP) is 4.82. The first-order valence-electron chi connectivity index (χ1n) is 11.7. The number of rotatable bonds is 6. The molecule has 14 heteroatoms. The molecule has 0 saturated carbocycles. The third-order valence-corrected chi connectivity index (χ3v) is 8.32. The molecule has 4 aromatic rings. The standard InChI is InChI=1S/C26H20ClF3N4O5S/c1-38-26-16(24(29)30)3-5-20(34-26)19-4-2-13-9-31-15(8-21(13)33-19)10-32-25(35)14-6-18(27)17-11-39-12-23(28)40(36,37)22(17)7-14/h2-9,23-24H,10-12H2,1H3,(H,32,35)/t23-/m1/s1. The number of sulfone groups is 1. The van der Waals surface area contributed by atoms with Gasteiger partial charge in [-0.25, -0.2) is 31.6 Å². The molecule has 0 bridgehead atoms. The summed E-state index contributed by atoms with van der Waals surface area (Å²) in [5.41, 5.74) is -0.934. The number of hydrogen-bond acceptors (Lipinski definition) is 8. The number of alkyl halides is 3. The fraction of sp³-hybridized carbons (Fsp3) is 0.231. The number of aromatic nitrogens is 3. The van der Waals surface area contributed by atoms with Crippen molar-refractivity contribution in [3.8, 4) is 17.3 Å². The summed E-state index contributed by atoms with van der Waals surface area (Å²) in [5.74, 6) is -0.854. The van der Waals surface area contributed by atoms with Gasteiger partial charge in [0.1, 0.15) is 0 Å². The Morgan fingerprint density at radius 1 is 1.18 bits per heavy atom. The Balaban J connectivity index is 1.38. The van der Waals surface area contributed by atoms with Gasteiger partial charge in [0.15, 0.2) is 0 Å². The molecule has 1 N–H and O–H groups in total. The third kappa shape index (κ3) is 5.31. The minimum absolute atomic E-state index is 0.0345. The maximum absolute atomic E-state index is 14.2. The molecule has 0 radical (unpaired) electrons. The highest BCUT2D eigenvalue weighted by Gasteiger charge is 2.34. The van der Waals surface area contributed by atoms with Crippen LogP contribution in [0.1, 0.15) is 33.6 Å². The molecular formula is C26H20ClF3N4O5S.